The van der Waals surface area contributed by atoms with Gasteiger partial charge in [0.25, 0.3) is 5.91 Å². The van der Waals surface area contributed by atoms with E-state index in [9.17, 15) is 39.6 Å². The quantitative estimate of drug-likeness (QED) is 0.157. The lowest BCUT2D eigenvalue weighted by molar-refractivity contribution is -0.148. The molecule has 0 aromatic heterocycles. The fraction of sp³-hybridized carbons (Fsp3) is 0.500. The number of aliphatic hydroxyl groups is 3. The molecular weight excluding hydrogens is 536 g/mol. The van der Waals surface area contributed by atoms with E-state index in [1.54, 1.807) is 33.1 Å². The van der Waals surface area contributed by atoms with Gasteiger partial charge in [-0.25, -0.2) is 4.79 Å². The number of nitrogens with one attached hydrogen (secondary N) is 1. The van der Waals surface area contributed by atoms with E-state index in [0.717, 1.165) is 6.42 Å². The number of phenolic OH excluding ortho intramolecular Hbond substituents is 1. The number of hydrogen-bond donors (Lipinski definition) is 6. The summed E-state index contributed by atoms with van der Waals surface area (Å²) in [5.41, 5.74) is 2.12. The molecule has 0 fully saturated rings. The summed E-state index contributed by atoms with van der Waals surface area (Å²) < 4.78 is 5.12. The number of carbonyl (C=O) groups excluding carboxylic acids is 4. The number of Topliss-reactive ketones (excluding diaryl/α,β-unsaturated/α-hetero) is 2. The van der Waals surface area contributed by atoms with Gasteiger partial charge in [-0.05, 0) is 50.9 Å². The Kier molecular flexibility index (Phi) is 7.80. The summed E-state index contributed by atoms with van der Waals surface area (Å²) in [6.07, 6.45) is 0.712. The number of allylic oxidation sites excluding steroid dienone is 1. The monoisotopic (exact) mass is 572 g/mol. The van der Waals surface area contributed by atoms with Gasteiger partial charge in [-0.15, -0.1) is 0 Å². The number of benzene rings is 1. The van der Waals surface area contributed by atoms with Crippen molar-refractivity contribution in [3.05, 3.63) is 39.9 Å². The number of likely N-dealkylation sites (N-methyl/N-ethyl adjacent to an activating group) is 1. The maximum Gasteiger partial charge on any atom is 0.411 e. The first kappa shape index (κ1) is 29.9. The van der Waals surface area contributed by atoms with Crippen molar-refractivity contribution >= 4 is 34.9 Å². The van der Waals surface area contributed by atoms with Crippen LogP contribution in [-0.2, 0) is 20.7 Å². The number of aromatic hydroxyl groups is 1. The molecule has 0 saturated heterocycles. The van der Waals surface area contributed by atoms with E-state index in [1.165, 1.54) is 11.0 Å². The summed E-state index contributed by atoms with van der Waals surface area (Å²) in [5, 5.41) is 47.7. The number of unbranched alkanes of at least 4 members (excludes halogenated alkanes) is 1. The topological polar surface area (TPSA) is 203 Å². The second kappa shape index (κ2) is 10.7. The Balaban J connectivity index is 1.88. The molecule has 41 heavy (non-hydrogen) atoms. The van der Waals surface area contributed by atoms with Crippen LogP contribution in [0, 0.1) is 11.8 Å². The number of ketones is 2. The van der Waals surface area contributed by atoms with Gasteiger partial charge in [0, 0.05) is 31.3 Å². The predicted octanol–water partition coefficient (Wildman–Crippen LogP) is 1.54. The first-order valence-electron chi connectivity index (χ1n) is 13.3. The largest absolute Gasteiger partial charge is 0.510 e. The van der Waals surface area contributed by atoms with Gasteiger partial charge < -0.3 is 35.8 Å². The van der Waals surface area contributed by atoms with Gasteiger partial charge in [0.15, 0.2) is 17.1 Å². The molecular formula is C28H36N4O9. The van der Waals surface area contributed by atoms with Gasteiger partial charge in [-0.2, -0.15) is 0 Å². The molecule has 4 atom stereocenters. The summed E-state index contributed by atoms with van der Waals surface area (Å²) in [5.74, 6) is -7.43. The number of fused-ring (bicyclic) bond motifs is 3. The number of anilines is 2. The van der Waals surface area contributed by atoms with Crippen LogP contribution in [0.1, 0.15) is 42.1 Å². The number of nitrogens with two attached hydrogens (primary N) is 1. The number of aliphatic hydroxyl groups excluding tert-OH is 2. The second-order valence-electron chi connectivity index (χ2n) is 11.1. The Bertz CT molecular complexity index is 1400. The van der Waals surface area contributed by atoms with Crippen LogP contribution in [0.15, 0.2) is 28.7 Å². The third-order valence-electron chi connectivity index (χ3n) is 8.15. The van der Waals surface area contributed by atoms with Crippen LogP contribution in [0.2, 0.25) is 0 Å². The standard InChI is InChI=1S/C28H36N4O9/c1-6-7-8-41-27(39)30-15-11-16(31(2)3)13-9-12-10-14-20(32(4)5)23(35)19(26(29)38)25(37)28(14,40)24(36)17(12)22(34)18(13)21(15)33/h11-12,14,20,33,35-36,40H,6-10H2,1-5H3,(H2,29,38)(H,30,39)/t12?,14?,20-,28-/m0/s1. The smallest absolute Gasteiger partial charge is 0.411 e. The number of nitrogens with zero attached hydrogens (tertiary/aromatic N) is 2. The molecule has 13 nitrogen and oxygen atoms in total. The normalized spacial score (nSPS) is 25.5. The Labute approximate surface area is 236 Å². The minimum atomic E-state index is -2.73. The lowest BCUT2D eigenvalue weighted by atomic mass is 9.58. The zero-order chi connectivity index (χ0) is 30.5. The summed E-state index contributed by atoms with van der Waals surface area (Å²) in [6.45, 7) is 2.09. The first-order valence-corrected chi connectivity index (χ1v) is 13.3. The molecule has 0 heterocycles. The van der Waals surface area contributed by atoms with Crippen molar-refractivity contribution in [2.45, 2.75) is 44.2 Å². The van der Waals surface area contributed by atoms with Crippen molar-refractivity contribution in [1.29, 1.82) is 0 Å². The summed E-state index contributed by atoms with van der Waals surface area (Å²) in [7, 11) is 6.58. The molecule has 0 bridgehead atoms. The molecule has 4 rings (SSSR count). The minimum absolute atomic E-state index is 0.0247. The fourth-order valence-electron chi connectivity index (χ4n) is 6.25. The minimum Gasteiger partial charge on any atom is -0.510 e. The highest BCUT2D eigenvalue weighted by Crippen LogP contribution is 2.53. The van der Waals surface area contributed by atoms with Crippen LogP contribution in [0.3, 0.4) is 0 Å². The molecule has 0 aliphatic heterocycles. The molecule has 222 valence electrons. The van der Waals surface area contributed by atoms with E-state index in [-0.39, 0.29) is 36.3 Å². The third-order valence-corrected chi connectivity index (χ3v) is 8.15. The molecule has 7 N–H and O–H groups in total. The molecule has 0 saturated carbocycles. The average molecular weight is 573 g/mol. The van der Waals surface area contributed by atoms with Gasteiger partial charge >= 0.3 is 6.09 Å². The van der Waals surface area contributed by atoms with Gasteiger partial charge in [0.05, 0.1) is 23.9 Å². The molecule has 3 aliphatic rings. The zero-order valence-corrected chi connectivity index (χ0v) is 23.6. The van der Waals surface area contributed by atoms with Crippen molar-refractivity contribution in [1.82, 2.24) is 4.90 Å². The number of carbonyl (C=O) groups is 4. The molecule has 1 aromatic rings. The first-order chi connectivity index (χ1) is 19.2. The lowest BCUT2D eigenvalue weighted by Crippen LogP contribution is -2.63. The SMILES string of the molecule is CCCCOC(=O)Nc1cc(N(C)C)c2c(c1O)C(=O)C1=C(O)[C@]3(O)C(=O)C(C(N)=O)=C(O)[C@@H](N(C)C)C3CC1C2. The Morgan fingerprint density at radius 1 is 1.17 bits per heavy atom. The maximum absolute atomic E-state index is 14.0. The van der Waals surface area contributed by atoms with E-state index in [4.69, 9.17) is 10.5 Å². The number of rotatable bonds is 7. The molecule has 2 unspecified atom stereocenters. The number of ether oxygens (including phenoxy) is 1. The van der Waals surface area contributed by atoms with E-state index >= 15 is 0 Å². The van der Waals surface area contributed by atoms with Crippen LogP contribution in [0.5, 0.6) is 5.75 Å². The summed E-state index contributed by atoms with van der Waals surface area (Å²) in [4.78, 5) is 55.1. The predicted molar refractivity (Wildman–Crippen MR) is 148 cm³/mol. The molecule has 0 spiro atoms. The van der Waals surface area contributed by atoms with Crippen LogP contribution in [0.25, 0.3) is 0 Å². The highest BCUT2D eigenvalue weighted by atomic mass is 16.5. The van der Waals surface area contributed by atoms with Gasteiger partial charge in [0.1, 0.15) is 17.1 Å². The van der Waals surface area contributed by atoms with Crippen molar-refractivity contribution < 1.29 is 44.3 Å². The highest BCUT2D eigenvalue weighted by Gasteiger charge is 2.63. The number of primary amides is 1. The molecule has 0 radical (unpaired) electrons. The van der Waals surface area contributed by atoms with Crippen molar-refractivity contribution in [2.24, 2.45) is 17.6 Å². The molecule has 1 aromatic carbocycles. The number of amides is 2. The Morgan fingerprint density at radius 2 is 1.83 bits per heavy atom. The van der Waals surface area contributed by atoms with Crippen LogP contribution < -0.4 is 16.0 Å². The summed E-state index contributed by atoms with van der Waals surface area (Å²) >= 11 is 0. The van der Waals surface area contributed by atoms with E-state index in [2.05, 4.69) is 5.32 Å². The average Bonchev–Trinajstić information content (AvgIpc) is 2.87. The van der Waals surface area contributed by atoms with Crippen molar-refractivity contribution in [2.75, 3.05) is 45.0 Å². The van der Waals surface area contributed by atoms with Gasteiger partial charge in [0.2, 0.25) is 5.78 Å². The van der Waals surface area contributed by atoms with Crippen molar-refractivity contribution in [3.8, 4) is 5.75 Å². The molecule has 2 amide bonds. The summed E-state index contributed by atoms with van der Waals surface area (Å²) in [6, 6.07) is 0.434. The third kappa shape index (κ3) is 4.58. The van der Waals surface area contributed by atoms with Gasteiger partial charge in [-0.3, -0.25) is 24.6 Å². The number of phenols is 1. The highest BCUT2D eigenvalue weighted by molar-refractivity contribution is 6.25. The van der Waals surface area contributed by atoms with E-state index < -0.39 is 69.9 Å². The van der Waals surface area contributed by atoms with E-state index in [0.29, 0.717) is 17.7 Å². The zero-order valence-electron chi connectivity index (χ0n) is 23.6. The van der Waals surface area contributed by atoms with E-state index in [1.807, 2.05) is 6.92 Å². The number of hydrogen-bond acceptors (Lipinski definition) is 11. The maximum atomic E-state index is 14.0. The molecule has 3 aliphatic carbocycles. The van der Waals surface area contributed by atoms with Crippen LogP contribution in [0.4, 0.5) is 16.2 Å². The van der Waals surface area contributed by atoms with Crippen molar-refractivity contribution in [3.63, 3.8) is 0 Å². The Morgan fingerprint density at radius 3 is 2.39 bits per heavy atom. The van der Waals surface area contributed by atoms with Crippen LogP contribution >= 0.6 is 0 Å². The fourth-order valence-corrected chi connectivity index (χ4v) is 6.25. The van der Waals surface area contributed by atoms with Gasteiger partial charge in [-0.1, -0.05) is 13.3 Å². The Hall–Kier alpha value is -4.10. The second-order valence-corrected chi connectivity index (χ2v) is 11.1. The molecule has 13 heteroatoms. The lowest BCUT2D eigenvalue weighted by Gasteiger charge is -2.50. The van der Waals surface area contributed by atoms with Crippen LogP contribution in [-0.4, -0.2) is 95.3 Å².